The standard InChI is InChI=1S/C21H24N4O/c1-6-25-16(5)23-19-11-17(7-8-20(19)25)21(26)24-22-12-18-14(3)9-13(2)10-15(18)4/h7-12H,6H2,1-5H3,(H,24,26). The summed E-state index contributed by atoms with van der Waals surface area (Å²) in [5.74, 6) is 0.706. The first-order valence-electron chi connectivity index (χ1n) is 8.79. The van der Waals surface area contributed by atoms with Gasteiger partial charge in [-0.2, -0.15) is 5.10 Å². The van der Waals surface area contributed by atoms with E-state index in [-0.39, 0.29) is 5.91 Å². The van der Waals surface area contributed by atoms with Crippen molar-refractivity contribution in [2.45, 2.75) is 41.2 Å². The highest BCUT2D eigenvalue weighted by molar-refractivity contribution is 5.98. The summed E-state index contributed by atoms with van der Waals surface area (Å²) in [4.78, 5) is 16.9. The predicted octanol–water partition coefficient (Wildman–Crippen LogP) is 4.05. The molecule has 26 heavy (non-hydrogen) atoms. The summed E-state index contributed by atoms with van der Waals surface area (Å²) in [5, 5.41) is 4.14. The average Bonchev–Trinajstić information content (AvgIpc) is 2.90. The third kappa shape index (κ3) is 3.38. The molecule has 2 aromatic carbocycles. The quantitative estimate of drug-likeness (QED) is 0.571. The summed E-state index contributed by atoms with van der Waals surface area (Å²) in [5.41, 5.74) is 9.56. The van der Waals surface area contributed by atoms with Gasteiger partial charge in [-0.05, 0) is 63.9 Å². The maximum Gasteiger partial charge on any atom is 0.271 e. The topological polar surface area (TPSA) is 59.3 Å². The molecule has 1 N–H and O–H groups in total. The summed E-state index contributed by atoms with van der Waals surface area (Å²) in [6.45, 7) is 11.1. The van der Waals surface area contributed by atoms with Crippen LogP contribution in [0.25, 0.3) is 11.0 Å². The molecule has 3 rings (SSSR count). The number of benzene rings is 2. The number of aryl methyl sites for hydroxylation is 5. The molecule has 0 saturated heterocycles. The molecule has 1 heterocycles. The van der Waals surface area contributed by atoms with Crippen LogP contribution < -0.4 is 5.43 Å². The smallest absolute Gasteiger partial charge is 0.271 e. The highest BCUT2D eigenvalue weighted by Crippen LogP contribution is 2.18. The van der Waals surface area contributed by atoms with E-state index in [2.05, 4.69) is 46.1 Å². The van der Waals surface area contributed by atoms with E-state index in [0.717, 1.165) is 40.1 Å². The number of hydrogen-bond acceptors (Lipinski definition) is 3. The van der Waals surface area contributed by atoms with Gasteiger partial charge in [0.05, 0.1) is 17.2 Å². The van der Waals surface area contributed by atoms with Crippen LogP contribution in [0.3, 0.4) is 0 Å². The van der Waals surface area contributed by atoms with Crippen LogP contribution in [-0.4, -0.2) is 21.7 Å². The van der Waals surface area contributed by atoms with E-state index in [1.165, 1.54) is 5.56 Å². The van der Waals surface area contributed by atoms with E-state index in [0.29, 0.717) is 5.56 Å². The van der Waals surface area contributed by atoms with Gasteiger partial charge >= 0.3 is 0 Å². The number of hydrogen-bond donors (Lipinski definition) is 1. The Hall–Kier alpha value is -2.95. The number of carbonyl (C=O) groups excluding carboxylic acids is 1. The summed E-state index contributed by atoms with van der Waals surface area (Å²) in [6, 6.07) is 9.77. The lowest BCUT2D eigenvalue weighted by Gasteiger charge is -2.06. The Morgan fingerprint density at radius 1 is 1.15 bits per heavy atom. The van der Waals surface area contributed by atoms with E-state index < -0.39 is 0 Å². The fourth-order valence-corrected chi connectivity index (χ4v) is 3.41. The average molecular weight is 348 g/mol. The Kier molecular flexibility index (Phi) is 4.89. The largest absolute Gasteiger partial charge is 0.329 e. The highest BCUT2D eigenvalue weighted by atomic mass is 16.2. The maximum absolute atomic E-state index is 12.4. The molecule has 0 saturated carbocycles. The molecular weight excluding hydrogens is 324 g/mol. The first-order valence-corrected chi connectivity index (χ1v) is 8.79. The number of rotatable bonds is 4. The lowest BCUT2D eigenvalue weighted by molar-refractivity contribution is 0.0955. The Morgan fingerprint density at radius 3 is 2.50 bits per heavy atom. The molecule has 0 atom stereocenters. The molecule has 0 spiro atoms. The van der Waals surface area contributed by atoms with Gasteiger partial charge in [0.25, 0.3) is 5.91 Å². The van der Waals surface area contributed by atoms with Gasteiger partial charge in [0.1, 0.15) is 5.82 Å². The van der Waals surface area contributed by atoms with Crippen LogP contribution in [0.15, 0.2) is 35.4 Å². The monoisotopic (exact) mass is 348 g/mol. The molecule has 3 aromatic rings. The van der Waals surface area contributed by atoms with Gasteiger partial charge in [0.15, 0.2) is 0 Å². The van der Waals surface area contributed by atoms with E-state index in [1.807, 2.05) is 39.0 Å². The summed E-state index contributed by atoms with van der Waals surface area (Å²) >= 11 is 0. The number of amides is 1. The Labute approximate surface area is 153 Å². The zero-order valence-corrected chi connectivity index (χ0v) is 15.9. The van der Waals surface area contributed by atoms with Crippen LogP contribution in [0.5, 0.6) is 0 Å². The van der Waals surface area contributed by atoms with Crippen LogP contribution in [0.1, 0.15) is 45.4 Å². The van der Waals surface area contributed by atoms with Gasteiger partial charge in [-0.3, -0.25) is 4.79 Å². The molecule has 0 aliphatic carbocycles. The summed E-state index contributed by atoms with van der Waals surface area (Å²) in [7, 11) is 0. The van der Waals surface area contributed by atoms with Gasteiger partial charge in [-0.25, -0.2) is 10.4 Å². The SMILES string of the molecule is CCn1c(C)nc2cc(C(=O)NN=Cc3c(C)cc(C)cc3C)ccc21. The van der Waals surface area contributed by atoms with Crippen molar-refractivity contribution in [2.24, 2.45) is 5.10 Å². The van der Waals surface area contributed by atoms with Gasteiger partial charge in [0, 0.05) is 17.7 Å². The molecule has 1 aromatic heterocycles. The molecule has 1 amide bonds. The number of fused-ring (bicyclic) bond motifs is 1. The zero-order valence-electron chi connectivity index (χ0n) is 15.9. The van der Waals surface area contributed by atoms with Crippen LogP contribution in [-0.2, 0) is 6.54 Å². The van der Waals surface area contributed by atoms with Crippen LogP contribution in [0.4, 0.5) is 0 Å². The first-order chi connectivity index (χ1) is 12.4. The minimum absolute atomic E-state index is 0.241. The number of aromatic nitrogens is 2. The van der Waals surface area contributed by atoms with E-state index in [1.54, 1.807) is 6.21 Å². The van der Waals surface area contributed by atoms with E-state index >= 15 is 0 Å². The number of nitrogens with zero attached hydrogens (tertiary/aromatic N) is 3. The van der Waals surface area contributed by atoms with Crippen LogP contribution in [0.2, 0.25) is 0 Å². The lowest BCUT2D eigenvalue weighted by atomic mass is 10.0. The molecule has 0 aliphatic rings. The molecule has 0 bridgehead atoms. The van der Waals surface area contributed by atoms with Crippen molar-refractivity contribution in [3.8, 4) is 0 Å². The minimum atomic E-state index is -0.241. The molecular formula is C21H24N4O. The van der Waals surface area contributed by atoms with Crippen molar-refractivity contribution in [3.63, 3.8) is 0 Å². The predicted molar refractivity (Wildman–Crippen MR) is 106 cm³/mol. The Balaban J connectivity index is 1.79. The third-order valence-corrected chi connectivity index (χ3v) is 4.62. The number of imidazole rings is 1. The molecule has 134 valence electrons. The van der Waals surface area contributed by atoms with Gasteiger partial charge in [0.2, 0.25) is 0 Å². The minimum Gasteiger partial charge on any atom is -0.329 e. The maximum atomic E-state index is 12.4. The molecule has 5 heteroatoms. The molecule has 5 nitrogen and oxygen atoms in total. The van der Waals surface area contributed by atoms with Crippen molar-refractivity contribution < 1.29 is 4.79 Å². The summed E-state index contributed by atoms with van der Waals surface area (Å²) < 4.78 is 2.12. The van der Waals surface area contributed by atoms with Crippen LogP contribution >= 0.6 is 0 Å². The summed E-state index contributed by atoms with van der Waals surface area (Å²) in [6.07, 6.45) is 1.70. The first kappa shape index (κ1) is 17.9. The molecule has 0 aliphatic heterocycles. The number of nitrogens with one attached hydrogen (secondary N) is 1. The Bertz CT molecular complexity index is 991. The fourth-order valence-electron chi connectivity index (χ4n) is 3.41. The Morgan fingerprint density at radius 2 is 1.85 bits per heavy atom. The van der Waals surface area contributed by atoms with Gasteiger partial charge in [-0.1, -0.05) is 17.7 Å². The third-order valence-electron chi connectivity index (χ3n) is 4.62. The lowest BCUT2D eigenvalue weighted by Crippen LogP contribution is -2.17. The van der Waals surface area contributed by atoms with Crippen molar-refractivity contribution in [1.82, 2.24) is 15.0 Å². The van der Waals surface area contributed by atoms with Crippen LogP contribution in [0, 0.1) is 27.7 Å². The molecule has 0 fully saturated rings. The highest BCUT2D eigenvalue weighted by Gasteiger charge is 2.10. The number of carbonyl (C=O) groups is 1. The van der Waals surface area contributed by atoms with Crippen molar-refractivity contribution in [2.75, 3.05) is 0 Å². The number of hydrazone groups is 1. The molecule has 0 radical (unpaired) electrons. The molecule has 0 unspecified atom stereocenters. The van der Waals surface area contributed by atoms with Crippen molar-refractivity contribution in [3.05, 3.63) is 64.0 Å². The zero-order chi connectivity index (χ0) is 18.8. The second kappa shape index (κ2) is 7.12. The van der Waals surface area contributed by atoms with Gasteiger partial charge < -0.3 is 4.57 Å². The van der Waals surface area contributed by atoms with Crippen molar-refractivity contribution >= 4 is 23.2 Å². The van der Waals surface area contributed by atoms with E-state index in [4.69, 9.17) is 0 Å². The van der Waals surface area contributed by atoms with Crippen molar-refractivity contribution in [1.29, 1.82) is 0 Å². The van der Waals surface area contributed by atoms with Gasteiger partial charge in [-0.15, -0.1) is 0 Å². The van der Waals surface area contributed by atoms with E-state index in [9.17, 15) is 4.79 Å². The fraction of sp³-hybridized carbons (Fsp3) is 0.286. The normalized spacial score (nSPS) is 11.4. The second-order valence-corrected chi connectivity index (χ2v) is 6.62. The second-order valence-electron chi connectivity index (χ2n) is 6.62.